The van der Waals surface area contributed by atoms with Crippen molar-refractivity contribution < 1.29 is 9.13 Å². The van der Waals surface area contributed by atoms with Gasteiger partial charge in [0.15, 0.2) is 0 Å². The molecule has 0 saturated carbocycles. The van der Waals surface area contributed by atoms with Crippen LogP contribution >= 0.6 is 11.6 Å². The van der Waals surface area contributed by atoms with Crippen LogP contribution in [0, 0.1) is 11.2 Å². The van der Waals surface area contributed by atoms with E-state index in [1.54, 1.807) is 12.1 Å². The molecule has 16 heavy (non-hydrogen) atoms. The van der Waals surface area contributed by atoms with Gasteiger partial charge in [-0.25, -0.2) is 4.39 Å². The molecular formula is C12H15ClFNO. The topological polar surface area (TPSA) is 35.2 Å². The summed E-state index contributed by atoms with van der Waals surface area (Å²) >= 11 is 5.71. The van der Waals surface area contributed by atoms with E-state index in [2.05, 4.69) is 0 Å². The van der Waals surface area contributed by atoms with E-state index in [9.17, 15) is 4.39 Å². The predicted octanol–water partition coefficient (Wildman–Crippen LogP) is 2.39. The van der Waals surface area contributed by atoms with Gasteiger partial charge in [-0.05, 0) is 30.5 Å². The molecule has 0 spiro atoms. The van der Waals surface area contributed by atoms with E-state index in [1.807, 2.05) is 0 Å². The Morgan fingerprint density at radius 3 is 2.88 bits per heavy atom. The molecule has 2 rings (SSSR count). The lowest BCUT2D eigenvalue weighted by Gasteiger charge is -2.25. The fourth-order valence-electron chi connectivity index (χ4n) is 2.09. The largest absolute Gasteiger partial charge is 0.381 e. The van der Waals surface area contributed by atoms with Crippen LogP contribution in [0.25, 0.3) is 0 Å². The van der Waals surface area contributed by atoms with Crippen molar-refractivity contribution in [2.45, 2.75) is 12.8 Å². The van der Waals surface area contributed by atoms with Gasteiger partial charge in [-0.3, -0.25) is 0 Å². The van der Waals surface area contributed by atoms with Crippen LogP contribution in [0.3, 0.4) is 0 Å². The van der Waals surface area contributed by atoms with Crippen molar-refractivity contribution >= 4 is 11.6 Å². The number of nitrogens with two attached hydrogens (primary N) is 1. The van der Waals surface area contributed by atoms with Gasteiger partial charge < -0.3 is 10.5 Å². The summed E-state index contributed by atoms with van der Waals surface area (Å²) in [6.07, 6.45) is 1.51. The zero-order valence-electron chi connectivity index (χ0n) is 9.01. The molecule has 1 aliphatic heterocycles. The summed E-state index contributed by atoms with van der Waals surface area (Å²) in [6, 6.07) is 4.78. The average molecular weight is 244 g/mol. The van der Waals surface area contributed by atoms with Crippen molar-refractivity contribution in [1.82, 2.24) is 0 Å². The maximum atomic E-state index is 13.6. The summed E-state index contributed by atoms with van der Waals surface area (Å²) in [7, 11) is 0. The van der Waals surface area contributed by atoms with Crippen molar-refractivity contribution in [2.24, 2.45) is 11.1 Å². The zero-order chi connectivity index (χ0) is 11.6. The minimum Gasteiger partial charge on any atom is -0.381 e. The molecule has 0 aliphatic carbocycles. The fourth-order valence-corrected chi connectivity index (χ4v) is 2.25. The Bertz CT molecular complexity index is 377. The molecule has 1 saturated heterocycles. The van der Waals surface area contributed by atoms with Gasteiger partial charge in [-0.1, -0.05) is 17.7 Å². The number of ether oxygens (including phenoxy) is 1. The quantitative estimate of drug-likeness (QED) is 0.885. The Morgan fingerprint density at radius 2 is 2.31 bits per heavy atom. The Morgan fingerprint density at radius 1 is 1.50 bits per heavy atom. The number of hydrogen-bond donors (Lipinski definition) is 1. The van der Waals surface area contributed by atoms with Crippen LogP contribution in [0.1, 0.15) is 12.0 Å². The Labute approximate surface area is 99.5 Å². The Kier molecular flexibility index (Phi) is 3.47. The van der Waals surface area contributed by atoms with Crippen molar-refractivity contribution in [3.05, 3.63) is 34.6 Å². The van der Waals surface area contributed by atoms with Gasteiger partial charge in [0.1, 0.15) is 5.82 Å². The third-order valence-corrected chi connectivity index (χ3v) is 3.43. The smallest absolute Gasteiger partial charge is 0.127 e. The summed E-state index contributed by atoms with van der Waals surface area (Å²) in [5.74, 6) is -0.257. The normalized spacial score (nSPS) is 24.9. The van der Waals surface area contributed by atoms with E-state index in [1.165, 1.54) is 6.07 Å². The lowest BCUT2D eigenvalue weighted by atomic mass is 9.81. The molecule has 1 aromatic carbocycles. The minimum atomic E-state index is -0.257. The van der Waals surface area contributed by atoms with Gasteiger partial charge in [0, 0.05) is 23.6 Å². The van der Waals surface area contributed by atoms with Gasteiger partial charge in [-0.2, -0.15) is 0 Å². The first kappa shape index (κ1) is 11.8. The molecule has 88 valence electrons. The van der Waals surface area contributed by atoms with E-state index < -0.39 is 0 Å². The molecule has 1 fully saturated rings. The maximum absolute atomic E-state index is 13.6. The first-order valence-electron chi connectivity index (χ1n) is 5.37. The second kappa shape index (κ2) is 4.70. The minimum absolute atomic E-state index is 0.103. The van der Waals surface area contributed by atoms with Gasteiger partial charge in [0.2, 0.25) is 0 Å². The van der Waals surface area contributed by atoms with E-state index in [0.29, 0.717) is 36.8 Å². The zero-order valence-corrected chi connectivity index (χ0v) is 9.77. The SMILES string of the molecule is NCC1(Cc2ccc(Cl)cc2F)CCOC1. The van der Waals surface area contributed by atoms with E-state index in [4.69, 9.17) is 22.1 Å². The second-order valence-corrected chi connectivity index (χ2v) is 4.86. The van der Waals surface area contributed by atoms with Crippen molar-refractivity contribution in [1.29, 1.82) is 0 Å². The van der Waals surface area contributed by atoms with Crippen molar-refractivity contribution in [2.75, 3.05) is 19.8 Å². The fraction of sp³-hybridized carbons (Fsp3) is 0.500. The Hall–Kier alpha value is -0.640. The summed E-state index contributed by atoms with van der Waals surface area (Å²) in [4.78, 5) is 0. The van der Waals surface area contributed by atoms with Gasteiger partial charge in [0.05, 0.1) is 6.61 Å². The van der Waals surface area contributed by atoms with Gasteiger partial charge >= 0.3 is 0 Å². The highest BCUT2D eigenvalue weighted by Crippen LogP contribution is 2.32. The van der Waals surface area contributed by atoms with Crippen LogP contribution in [0.2, 0.25) is 5.02 Å². The Balaban J connectivity index is 2.19. The molecule has 1 heterocycles. The highest BCUT2D eigenvalue weighted by Gasteiger charge is 2.34. The number of halogens is 2. The predicted molar refractivity (Wildman–Crippen MR) is 62.0 cm³/mol. The summed E-state index contributed by atoms with van der Waals surface area (Å²) in [5.41, 5.74) is 6.33. The van der Waals surface area contributed by atoms with E-state index in [-0.39, 0.29) is 11.2 Å². The van der Waals surface area contributed by atoms with Crippen molar-refractivity contribution in [3.8, 4) is 0 Å². The molecule has 1 unspecified atom stereocenters. The molecule has 1 aliphatic rings. The van der Waals surface area contributed by atoms with Gasteiger partial charge in [-0.15, -0.1) is 0 Å². The monoisotopic (exact) mass is 243 g/mol. The first-order chi connectivity index (χ1) is 7.65. The van der Waals surface area contributed by atoms with Crippen LogP contribution in [0.4, 0.5) is 4.39 Å². The highest BCUT2D eigenvalue weighted by atomic mass is 35.5. The molecule has 4 heteroatoms. The molecule has 1 aromatic rings. The molecule has 0 bridgehead atoms. The molecular weight excluding hydrogens is 229 g/mol. The third kappa shape index (κ3) is 2.37. The lowest BCUT2D eigenvalue weighted by molar-refractivity contribution is 0.154. The molecule has 0 amide bonds. The van der Waals surface area contributed by atoms with Crippen LogP contribution < -0.4 is 5.73 Å². The molecule has 2 nitrogen and oxygen atoms in total. The van der Waals surface area contributed by atoms with E-state index >= 15 is 0 Å². The van der Waals surface area contributed by atoms with E-state index in [0.717, 1.165) is 6.42 Å². The standard InChI is InChI=1S/C12H15ClFNO/c13-10-2-1-9(11(14)5-10)6-12(7-15)3-4-16-8-12/h1-2,5H,3-4,6-8,15H2. The lowest BCUT2D eigenvalue weighted by Crippen LogP contribution is -2.33. The highest BCUT2D eigenvalue weighted by molar-refractivity contribution is 6.30. The third-order valence-electron chi connectivity index (χ3n) is 3.20. The molecule has 0 radical (unpaired) electrons. The number of hydrogen-bond acceptors (Lipinski definition) is 2. The summed E-state index contributed by atoms with van der Waals surface area (Å²) in [6.45, 7) is 1.85. The van der Waals surface area contributed by atoms with Crippen LogP contribution in [0.5, 0.6) is 0 Å². The summed E-state index contributed by atoms with van der Waals surface area (Å²) in [5, 5.41) is 0.422. The van der Waals surface area contributed by atoms with Crippen molar-refractivity contribution in [3.63, 3.8) is 0 Å². The molecule has 0 aromatic heterocycles. The summed E-state index contributed by atoms with van der Waals surface area (Å²) < 4.78 is 19.0. The number of rotatable bonds is 3. The number of benzene rings is 1. The second-order valence-electron chi connectivity index (χ2n) is 4.42. The van der Waals surface area contributed by atoms with Crippen LogP contribution in [-0.4, -0.2) is 19.8 Å². The molecule has 1 atom stereocenters. The van der Waals surface area contributed by atoms with Crippen LogP contribution in [-0.2, 0) is 11.2 Å². The van der Waals surface area contributed by atoms with Gasteiger partial charge in [0.25, 0.3) is 0 Å². The maximum Gasteiger partial charge on any atom is 0.127 e. The first-order valence-corrected chi connectivity index (χ1v) is 5.75. The van der Waals surface area contributed by atoms with Crippen LogP contribution in [0.15, 0.2) is 18.2 Å². The average Bonchev–Trinajstić information content (AvgIpc) is 2.72. The molecule has 2 N–H and O–H groups in total.